The van der Waals surface area contributed by atoms with Crippen LogP contribution >= 0.6 is 11.3 Å². The van der Waals surface area contributed by atoms with Crippen molar-refractivity contribution in [2.75, 3.05) is 20.6 Å². The summed E-state index contributed by atoms with van der Waals surface area (Å²) in [4.78, 5) is 14.8. The zero-order valence-corrected chi connectivity index (χ0v) is 13.7. The topological polar surface area (TPSA) is 45.5 Å². The summed E-state index contributed by atoms with van der Waals surface area (Å²) in [5, 5.41) is 3.38. The quantitative estimate of drug-likeness (QED) is 0.775. The average molecular weight is 332 g/mol. The third-order valence-electron chi connectivity index (χ3n) is 3.68. The van der Waals surface area contributed by atoms with Crippen LogP contribution in [0, 0.1) is 5.82 Å². The molecule has 3 rings (SSSR count). The van der Waals surface area contributed by atoms with E-state index in [1.807, 2.05) is 37.2 Å². The maximum Gasteiger partial charge on any atom is 0.261 e. The number of rotatable bonds is 5. The predicted molar refractivity (Wildman–Crippen MR) is 89.3 cm³/mol. The van der Waals surface area contributed by atoms with Crippen molar-refractivity contribution in [1.82, 2.24) is 10.2 Å². The van der Waals surface area contributed by atoms with Crippen LogP contribution in [0.4, 0.5) is 4.39 Å². The van der Waals surface area contributed by atoms with Gasteiger partial charge in [-0.3, -0.25) is 9.69 Å². The third-order valence-corrected chi connectivity index (χ3v) is 4.78. The van der Waals surface area contributed by atoms with E-state index in [-0.39, 0.29) is 17.8 Å². The second-order valence-corrected chi connectivity index (χ2v) is 6.55. The van der Waals surface area contributed by atoms with Crippen LogP contribution in [0.15, 0.2) is 47.1 Å². The van der Waals surface area contributed by atoms with E-state index in [0.29, 0.717) is 16.8 Å². The Morgan fingerprint density at radius 2 is 2.17 bits per heavy atom. The van der Waals surface area contributed by atoms with Crippen LogP contribution in [-0.2, 0) is 0 Å². The fourth-order valence-corrected chi connectivity index (χ4v) is 3.42. The van der Waals surface area contributed by atoms with Crippen LogP contribution in [-0.4, -0.2) is 31.4 Å². The smallest absolute Gasteiger partial charge is 0.261 e. The Kier molecular flexibility index (Phi) is 4.45. The number of carbonyl (C=O) groups excluding carboxylic acids is 1. The summed E-state index contributed by atoms with van der Waals surface area (Å²) in [5.74, 6) is 0.279. The molecule has 3 aromatic rings. The number of hydrogen-bond acceptors (Lipinski definition) is 4. The number of fused-ring (bicyclic) bond motifs is 1. The van der Waals surface area contributed by atoms with Crippen LogP contribution in [0.3, 0.4) is 0 Å². The number of benzene rings is 1. The van der Waals surface area contributed by atoms with E-state index in [0.717, 1.165) is 10.5 Å². The van der Waals surface area contributed by atoms with Gasteiger partial charge in [0.1, 0.15) is 11.6 Å². The number of furan rings is 1. The first kappa shape index (κ1) is 15.7. The maximum absolute atomic E-state index is 13.7. The van der Waals surface area contributed by atoms with Gasteiger partial charge in [-0.1, -0.05) is 6.07 Å². The van der Waals surface area contributed by atoms with E-state index in [1.54, 1.807) is 18.4 Å². The Morgan fingerprint density at radius 1 is 1.35 bits per heavy atom. The first-order valence-electron chi connectivity index (χ1n) is 7.22. The largest absolute Gasteiger partial charge is 0.468 e. The van der Waals surface area contributed by atoms with Crippen molar-refractivity contribution >= 4 is 27.3 Å². The highest BCUT2D eigenvalue weighted by Gasteiger charge is 2.19. The molecule has 0 saturated carbocycles. The molecule has 1 N–H and O–H groups in total. The molecule has 0 saturated heterocycles. The van der Waals surface area contributed by atoms with Gasteiger partial charge in [0.25, 0.3) is 5.91 Å². The van der Waals surface area contributed by atoms with Crippen molar-refractivity contribution in [2.24, 2.45) is 0 Å². The van der Waals surface area contributed by atoms with Crippen LogP contribution in [0.5, 0.6) is 0 Å². The van der Waals surface area contributed by atoms with Crippen molar-refractivity contribution in [3.05, 3.63) is 59.1 Å². The first-order valence-corrected chi connectivity index (χ1v) is 8.04. The number of likely N-dealkylation sites (N-methyl/N-ethyl adjacent to an activating group) is 1. The lowest BCUT2D eigenvalue weighted by Crippen LogP contribution is -2.34. The van der Waals surface area contributed by atoms with Gasteiger partial charge in [-0.25, -0.2) is 4.39 Å². The Balaban J connectivity index is 1.74. The summed E-state index contributed by atoms with van der Waals surface area (Å²) in [5.41, 5.74) is 0. The van der Waals surface area contributed by atoms with Crippen LogP contribution < -0.4 is 5.32 Å². The summed E-state index contributed by atoms with van der Waals surface area (Å²) < 4.78 is 19.9. The molecule has 0 aliphatic rings. The molecule has 0 aliphatic heterocycles. The summed E-state index contributed by atoms with van der Waals surface area (Å²) in [6.07, 6.45) is 1.61. The molecule has 0 unspecified atom stereocenters. The molecule has 1 aromatic carbocycles. The van der Waals surface area contributed by atoms with E-state index < -0.39 is 0 Å². The number of carbonyl (C=O) groups is 1. The molecule has 0 aliphatic carbocycles. The highest BCUT2D eigenvalue weighted by atomic mass is 32.1. The molecule has 2 aromatic heterocycles. The number of nitrogens with one attached hydrogen (secondary N) is 1. The van der Waals surface area contributed by atoms with Gasteiger partial charge in [-0.05, 0) is 44.4 Å². The number of nitrogens with zero attached hydrogens (tertiary/aromatic N) is 1. The third kappa shape index (κ3) is 3.28. The highest BCUT2D eigenvalue weighted by Crippen LogP contribution is 2.27. The molecule has 0 spiro atoms. The van der Waals surface area contributed by atoms with Gasteiger partial charge >= 0.3 is 0 Å². The molecule has 1 atom stereocenters. The molecule has 2 heterocycles. The zero-order chi connectivity index (χ0) is 16.4. The molecule has 6 heteroatoms. The minimum atomic E-state index is -0.306. The van der Waals surface area contributed by atoms with Gasteiger partial charge < -0.3 is 9.73 Å². The zero-order valence-electron chi connectivity index (χ0n) is 12.9. The van der Waals surface area contributed by atoms with Crippen LogP contribution in [0.25, 0.3) is 10.1 Å². The standard InChI is InChI=1S/C17H17FN2O2S/c1-20(2)13(14-6-4-8-22-14)10-19-17(21)16-9-11-12(18)5-3-7-15(11)23-16/h3-9,13H,10H2,1-2H3,(H,19,21)/t13-/m0/s1. The second kappa shape index (κ2) is 6.52. The lowest BCUT2D eigenvalue weighted by molar-refractivity contribution is 0.0943. The fourth-order valence-electron chi connectivity index (χ4n) is 2.43. The molecule has 0 fully saturated rings. The van der Waals surface area contributed by atoms with E-state index in [9.17, 15) is 9.18 Å². The Bertz CT molecular complexity index is 811. The monoisotopic (exact) mass is 332 g/mol. The van der Waals surface area contributed by atoms with Crippen molar-refractivity contribution in [2.45, 2.75) is 6.04 Å². The van der Waals surface area contributed by atoms with E-state index in [1.165, 1.54) is 17.4 Å². The number of halogens is 1. The molecule has 0 bridgehead atoms. The maximum atomic E-state index is 13.7. The predicted octanol–water partition coefficient (Wildman–Crippen LogP) is 3.67. The molecule has 0 radical (unpaired) electrons. The number of amides is 1. The van der Waals surface area contributed by atoms with Crippen LogP contribution in [0.2, 0.25) is 0 Å². The molecule has 1 amide bonds. The second-order valence-electron chi connectivity index (χ2n) is 5.47. The summed E-state index contributed by atoms with van der Waals surface area (Å²) in [6.45, 7) is 0.413. The summed E-state index contributed by atoms with van der Waals surface area (Å²) >= 11 is 1.29. The lowest BCUT2D eigenvalue weighted by atomic mass is 10.2. The number of thiophene rings is 1. The van der Waals surface area contributed by atoms with Crippen molar-refractivity contribution < 1.29 is 13.6 Å². The number of hydrogen-bond donors (Lipinski definition) is 1. The van der Waals surface area contributed by atoms with Crippen LogP contribution in [0.1, 0.15) is 21.5 Å². The minimum absolute atomic E-state index is 0.0555. The van der Waals surface area contributed by atoms with Gasteiger partial charge in [0.05, 0.1) is 17.2 Å². The van der Waals surface area contributed by atoms with Gasteiger partial charge in [0.2, 0.25) is 0 Å². The van der Waals surface area contributed by atoms with Gasteiger partial charge in [-0.2, -0.15) is 0 Å². The Hall–Kier alpha value is -2.18. The van der Waals surface area contributed by atoms with Crippen molar-refractivity contribution in [1.29, 1.82) is 0 Å². The van der Waals surface area contributed by atoms with Gasteiger partial charge in [0, 0.05) is 16.6 Å². The minimum Gasteiger partial charge on any atom is -0.468 e. The highest BCUT2D eigenvalue weighted by molar-refractivity contribution is 7.20. The lowest BCUT2D eigenvalue weighted by Gasteiger charge is -2.22. The van der Waals surface area contributed by atoms with E-state index >= 15 is 0 Å². The molecule has 120 valence electrons. The van der Waals surface area contributed by atoms with E-state index in [2.05, 4.69) is 5.32 Å². The van der Waals surface area contributed by atoms with Gasteiger partial charge in [0.15, 0.2) is 0 Å². The molecule has 4 nitrogen and oxygen atoms in total. The normalized spacial score (nSPS) is 12.7. The van der Waals surface area contributed by atoms with Gasteiger partial charge in [-0.15, -0.1) is 11.3 Å². The summed E-state index contributed by atoms with van der Waals surface area (Å²) in [7, 11) is 3.85. The Labute approximate surface area is 137 Å². The fraction of sp³-hybridized carbons (Fsp3) is 0.235. The first-order chi connectivity index (χ1) is 11.1. The molecular formula is C17H17FN2O2S. The summed E-state index contributed by atoms with van der Waals surface area (Å²) in [6, 6.07) is 10.1. The average Bonchev–Trinajstić information content (AvgIpc) is 3.16. The molecular weight excluding hydrogens is 315 g/mol. The van der Waals surface area contributed by atoms with Crippen molar-refractivity contribution in [3.8, 4) is 0 Å². The SMILES string of the molecule is CN(C)[C@@H](CNC(=O)c1cc2c(F)cccc2s1)c1ccco1. The van der Waals surface area contributed by atoms with E-state index in [4.69, 9.17) is 4.42 Å². The Morgan fingerprint density at radius 3 is 2.83 bits per heavy atom. The molecule has 23 heavy (non-hydrogen) atoms. The van der Waals surface area contributed by atoms with Crippen molar-refractivity contribution in [3.63, 3.8) is 0 Å².